The fourth-order valence-electron chi connectivity index (χ4n) is 4.28. The van der Waals surface area contributed by atoms with Gasteiger partial charge in [-0.25, -0.2) is 0 Å². The number of benzene rings is 3. The molecule has 0 spiro atoms. The second kappa shape index (κ2) is 7.46. The Morgan fingerprint density at radius 1 is 0.586 bits per heavy atom. The Labute approximate surface area is 169 Å². The Hall–Kier alpha value is -3.56. The lowest BCUT2D eigenvalue weighted by Crippen LogP contribution is -1.97. The maximum Gasteiger partial charge on any atom is 0.0471 e. The lowest BCUT2D eigenvalue weighted by atomic mass is 9.84. The molecule has 5 rings (SSSR count). The fourth-order valence-corrected chi connectivity index (χ4v) is 4.28. The van der Waals surface area contributed by atoms with Crippen LogP contribution in [0.2, 0.25) is 0 Å². The number of rotatable bonds is 4. The highest BCUT2D eigenvalue weighted by Crippen LogP contribution is 2.44. The number of hydrogen-bond acceptors (Lipinski definition) is 3. The van der Waals surface area contributed by atoms with Gasteiger partial charge in [0.15, 0.2) is 0 Å². The van der Waals surface area contributed by atoms with Crippen molar-refractivity contribution in [3.8, 4) is 22.3 Å². The first kappa shape index (κ1) is 17.5. The first-order valence-corrected chi connectivity index (χ1v) is 9.76. The maximum absolute atomic E-state index is 9.72. The van der Waals surface area contributed by atoms with Gasteiger partial charge in [-0.3, -0.25) is 9.97 Å². The van der Waals surface area contributed by atoms with Crippen molar-refractivity contribution in [3.63, 3.8) is 0 Å². The number of hydrogen-bond donors (Lipinski definition) is 1. The predicted molar refractivity (Wildman–Crippen MR) is 119 cm³/mol. The summed E-state index contributed by atoms with van der Waals surface area (Å²) in [5.74, 6) is 0. The summed E-state index contributed by atoms with van der Waals surface area (Å²) in [4.78, 5) is 8.41. The van der Waals surface area contributed by atoms with Gasteiger partial charge in [0.25, 0.3) is 0 Å². The summed E-state index contributed by atoms with van der Waals surface area (Å²) in [5, 5.41) is 14.5. The SMILES string of the molecule is OCCc1cccc2c(-c3ccncc3)c3ccccc3c(-c3ccncc3)c12. The van der Waals surface area contributed by atoms with Crippen molar-refractivity contribution >= 4 is 21.5 Å². The van der Waals surface area contributed by atoms with Gasteiger partial charge in [-0.05, 0) is 80.0 Å². The molecule has 0 bridgehead atoms. The minimum absolute atomic E-state index is 0.117. The molecule has 140 valence electrons. The van der Waals surface area contributed by atoms with E-state index in [0.29, 0.717) is 6.42 Å². The van der Waals surface area contributed by atoms with E-state index in [2.05, 4.69) is 76.7 Å². The number of aliphatic hydroxyl groups is 1. The molecular formula is C26H20N2O. The fraction of sp³-hybridized carbons (Fsp3) is 0.0769. The van der Waals surface area contributed by atoms with Gasteiger partial charge in [-0.2, -0.15) is 0 Å². The summed E-state index contributed by atoms with van der Waals surface area (Å²) in [6, 6.07) is 23.2. The lowest BCUT2D eigenvalue weighted by molar-refractivity contribution is 0.300. The molecule has 0 aliphatic rings. The average Bonchev–Trinajstić information content (AvgIpc) is 2.79. The molecule has 0 atom stereocenters. The van der Waals surface area contributed by atoms with Crippen molar-refractivity contribution in [1.82, 2.24) is 9.97 Å². The normalized spacial score (nSPS) is 11.2. The Bertz CT molecular complexity index is 1300. The Morgan fingerprint density at radius 2 is 1.14 bits per heavy atom. The molecule has 0 saturated heterocycles. The molecular weight excluding hydrogens is 356 g/mol. The molecule has 0 aliphatic carbocycles. The van der Waals surface area contributed by atoms with Crippen LogP contribution in [0, 0.1) is 0 Å². The summed E-state index contributed by atoms with van der Waals surface area (Å²) >= 11 is 0. The highest BCUT2D eigenvalue weighted by atomic mass is 16.2. The van der Waals surface area contributed by atoms with Crippen LogP contribution in [-0.4, -0.2) is 21.7 Å². The van der Waals surface area contributed by atoms with Gasteiger partial charge in [-0.1, -0.05) is 42.5 Å². The lowest BCUT2D eigenvalue weighted by Gasteiger charge is -2.19. The van der Waals surface area contributed by atoms with Gasteiger partial charge < -0.3 is 5.11 Å². The van der Waals surface area contributed by atoms with E-state index in [1.54, 1.807) is 0 Å². The summed E-state index contributed by atoms with van der Waals surface area (Å²) in [5.41, 5.74) is 5.82. The largest absolute Gasteiger partial charge is 0.396 e. The highest BCUT2D eigenvalue weighted by Gasteiger charge is 2.18. The van der Waals surface area contributed by atoms with Crippen LogP contribution in [-0.2, 0) is 6.42 Å². The van der Waals surface area contributed by atoms with E-state index in [1.807, 2.05) is 24.8 Å². The van der Waals surface area contributed by atoms with Gasteiger partial charge >= 0.3 is 0 Å². The van der Waals surface area contributed by atoms with E-state index >= 15 is 0 Å². The van der Waals surface area contributed by atoms with Gasteiger partial charge in [0.1, 0.15) is 0 Å². The van der Waals surface area contributed by atoms with E-state index in [4.69, 9.17) is 0 Å². The first-order chi connectivity index (χ1) is 14.4. The third kappa shape index (κ3) is 2.96. The minimum Gasteiger partial charge on any atom is -0.396 e. The zero-order chi connectivity index (χ0) is 19.6. The third-order valence-electron chi connectivity index (χ3n) is 5.45. The molecule has 5 aromatic rings. The Kier molecular flexibility index (Phi) is 4.51. The van der Waals surface area contributed by atoms with Crippen LogP contribution < -0.4 is 0 Å². The number of fused-ring (bicyclic) bond motifs is 2. The zero-order valence-corrected chi connectivity index (χ0v) is 15.9. The zero-order valence-electron chi connectivity index (χ0n) is 15.9. The molecule has 3 nitrogen and oxygen atoms in total. The van der Waals surface area contributed by atoms with Crippen LogP contribution in [0.1, 0.15) is 5.56 Å². The molecule has 3 aromatic carbocycles. The second-order valence-corrected chi connectivity index (χ2v) is 7.08. The smallest absolute Gasteiger partial charge is 0.0471 e. The van der Waals surface area contributed by atoms with Gasteiger partial charge in [0, 0.05) is 31.4 Å². The number of aromatic nitrogens is 2. The van der Waals surface area contributed by atoms with E-state index in [0.717, 1.165) is 16.7 Å². The third-order valence-corrected chi connectivity index (χ3v) is 5.45. The van der Waals surface area contributed by atoms with Crippen LogP contribution in [0.25, 0.3) is 43.8 Å². The van der Waals surface area contributed by atoms with Crippen LogP contribution in [0.4, 0.5) is 0 Å². The van der Waals surface area contributed by atoms with Crippen molar-refractivity contribution in [3.05, 3.63) is 97.1 Å². The Balaban J connectivity index is 2.04. The van der Waals surface area contributed by atoms with Gasteiger partial charge in [0.2, 0.25) is 0 Å². The summed E-state index contributed by atoms with van der Waals surface area (Å²) in [7, 11) is 0. The molecule has 2 aromatic heterocycles. The molecule has 29 heavy (non-hydrogen) atoms. The minimum atomic E-state index is 0.117. The highest BCUT2D eigenvalue weighted by molar-refractivity contribution is 6.22. The maximum atomic E-state index is 9.72. The molecule has 3 heteroatoms. The van der Waals surface area contributed by atoms with Gasteiger partial charge in [-0.15, -0.1) is 0 Å². The van der Waals surface area contributed by atoms with E-state index in [1.165, 1.54) is 32.7 Å². The molecule has 0 saturated carbocycles. The quantitative estimate of drug-likeness (QED) is 0.412. The van der Waals surface area contributed by atoms with E-state index < -0.39 is 0 Å². The van der Waals surface area contributed by atoms with Crippen LogP contribution >= 0.6 is 0 Å². The van der Waals surface area contributed by atoms with Crippen molar-refractivity contribution in [2.75, 3.05) is 6.61 Å². The van der Waals surface area contributed by atoms with Crippen LogP contribution in [0.5, 0.6) is 0 Å². The standard InChI is InChI=1S/C26H20N2O/c29-17-12-18-4-3-7-23-24(19-8-13-27-14-9-19)21-5-1-2-6-22(21)25(26(18)23)20-10-15-28-16-11-20/h1-11,13-16,29H,12,17H2. The molecule has 1 N–H and O–H groups in total. The topological polar surface area (TPSA) is 46.0 Å². The van der Waals surface area contributed by atoms with Crippen molar-refractivity contribution in [1.29, 1.82) is 0 Å². The molecule has 0 aliphatic heterocycles. The Morgan fingerprint density at radius 3 is 1.76 bits per heavy atom. The first-order valence-electron chi connectivity index (χ1n) is 9.76. The molecule has 2 heterocycles. The predicted octanol–water partition coefficient (Wildman–Crippen LogP) is 5.65. The number of pyridine rings is 2. The molecule has 0 unspecified atom stereocenters. The van der Waals surface area contributed by atoms with E-state index in [-0.39, 0.29) is 6.61 Å². The molecule has 0 radical (unpaired) electrons. The van der Waals surface area contributed by atoms with Crippen molar-refractivity contribution < 1.29 is 5.11 Å². The van der Waals surface area contributed by atoms with Gasteiger partial charge in [0.05, 0.1) is 0 Å². The summed E-state index contributed by atoms with van der Waals surface area (Å²) < 4.78 is 0. The molecule has 0 fully saturated rings. The van der Waals surface area contributed by atoms with E-state index in [9.17, 15) is 5.11 Å². The van der Waals surface area contributed by atoms with Crippen molar-refractivity contribution in [2.45, 2.75) is 6.42 Å². The number of nitrogens with zero attached hydrogens (tertiary/aromatic N) is 2. The summed E-state index contributed by atoms with van der Waals surface area (Å²) in [6.07, 6.45) is 7.96. The molecule has 0 amide bonds. The summed E-state index contributed by atoms with van der Waals surface area (Å²) in [6.45, 7) is 0.117. The number of aliphatic hydroxyl groups excluding tert-OH is 1. The van der Waals surface area contributed by atoms with Crippen molar-refractivity contribution in [2.24, 2.45) is 0 Å². The van der Waals surface area contributed by atoms with Crippen LogP contribution in [0.3, 0.4) is 0 Å². The van der Waals surface area contributed by atoms with Crippen LogP contribution in [0.15, 0.2) is 91.5 Å². The monoisotopic (exact) mass is 376 g/mol. The average molecular weight is 376 g/mol. The second-order valence-electron chi connectivity index (χ2n) is 7.08.